The maximum Gasteiger partial charge on any atom is 0.179 e. The van der Waals surface area contributed by atoms with Crippen LogP contribution in [0.5, 0.6) is 0 Å². The van der Waals surface area contributed by atoms with Crippen LogP contribution in [0.2, 0.25) is 0 Å². The van der Waals surface area contributed by atoms with Gasteiger partial charge < -0.3 is 0 Å². The minimum Gasteiger partial charge on any atom is -0.195 e. The summed E-state index contributed by atoms with van der Waals surface area (Å²) in [7, 11) is 0. The summed E-state index contributed by atoms with van der Waals surface area (Å²) in [6, 6.07) is 1.84. The fourth-order valence-corrected chi connectivity index (χ4v) is 1.49. The van der Waals surface area contributed by atoms with Gasteiger partial charge in [0, 0.05) is 5.56 Å². The zero-order chi connectivity index (χ0) is 6.85. The summed E-state index contributed by atoms with van der Waals surface area (Å²) in [4.78, 5) is 0. The van der Waals surface area contributed by atoms with E-state index >= 15 is 0 Å². The van der Waals surface area contributed by atoms with Crippen molar-refractivity contribution in [2.45, 2.75) is 19.8 Å². The van der Waals surface area contributed by atoms with Gasteiger partial charge in [-0.15, -0.1) is 11.3 Å². The quantitative estimate of drug-likeness (QED) is 0.568. The highest BCUT2D eigenvalue weighted by molar-refractivity contribution is 7.08. The van der Waals surface area contributed by atoms with E-state index in [0.717, 1.165) is 5.56 Å². The highest BCUT2D eigenvalue weighted by Gasteiger charge is 2.05. The molecule has 0 atom stereocenters. The Kier molecular flexibility index (Phi) is 1.86. The van der Waals surface area contributed by atoms with Gasteiger partial charge in [0.05, 0.1) is 0 Å². The molecule has 0 aliphatic carbocycles. The van der Waals surface area contributed by atoms with Gasteiger partial charge in [0.25, 0.3) is 0 Å². The minimum atomic E-state index is -0.0370. The summed E-state index contributed by atoms with van der Waals surface area (Å²) in [6.07, 6.45) is 0. The molecule has 0 N–H and O–H groups in total. The molecule has 0 amide bonds. The summed E-state index contributed by atoms with van der Waals surface area (Å²) in [5.74, 6) is 0.316. The first-order valence-electron chi connectivity index (χ1n) is 2.94. The molecule has 0 fully saturated rings. The van der Waals surface area contributed by atoms with Crippen molar-refractivity contribution in [2.75, 3.05) is 0 Å². The molecule has 1 heterocycles. The third-order valence-electron chi connectivity index (χ3n) is 1.27. The monoisotopic (exact) mass is 144 g/mol. The minimum absolute atomic E-state index is 0.0370. The Hall–Kier alpha value is -0.370. The highest BCUT2D eigenvalue weighted by atomic mass is 32.1. The molecule has 2 heteroatoms. The Morgan fingerprint density at radius 1 is 1.56 bits per heavy atom. The summed E-state index contributed by atoms with van der Waals surface area (Å²) in [6.45, 7) is 3.98. The van der Waals surface area contributed by atoms with Crippen LogP contribution in [-0.4, -0.2) is 0 Å². The summed E-state index contributed by atoms with van der Waals surface area (Å²) >= 11 is 1.17. The van der Waals surface area contributed by atoms with Crippen LogP contribution in [-0.2, 0) is 0 Å². The first-order valence-corrected chi connectivity index (χ1v) is 3.82. The Labute approximate surface area is 58.3 Å². The second-order valence-electron chi connectivity index (χ2n) is 2.30. The number of thiophene rings is 1. The summed E-state index contributed by atoms with van der Waals surface area (Å²) in [5.41, 5.74) is 0.833. The molecule has 9 heavy (non-hydrogen) atoms. The lowest BCUT2D eigenvalue weighted by Gasteiger charge is -1.98. The van der Waals surface area contributed by atoms with Gasteiger partial charge in [-0.2, -0.15) is 4.39 Å². The molecular weight excluding hydrogens is 135 g/mol. The largest absolute Gasteiger partial charge is 0.195 e. The average Bonchev–Trinajstić information content (AvgIpc) is 2.13. The lowest BCUT2D eigenvalue weighted by molar-refractivity contribution is 0.628. The number of hydrogen-bond donors (Lipinski definition) is 0. The Bertz CT molecular complexity index is 191. The van der Waals surface area contributed by atoms with Crippen molar-refractivity contribution in [1.82, 2.24) is 0 Å². The van der Waals surface area contributed by atoms with E-state index in [2.05, 4.69) is 0 Å². The van der Waals surface area contributed by atoms with Crippen molar-refractivity contribution >= 4 is 11.3 Å². The molecule has 0 saturated carbocycles. The van der Waals surface area contributed by atoms with Crippen LogP contribution in [0.1, 0.15) is 25.3 Å². The third-order valence-corrected chi connectivity index (χ3v) is 1.98. The van der Waals surface area contributed by atoms with Crippen molar-refractivity contribution in [3.8, 4) is 0 Å². The van der Waals surface area contributed by atoms with Gasteiger partial charge >= 0.3 is 0 Å². The van der Waals surface area contributed by atoms with Crippen molar-refractivity contribution in [2.24, 2.45) is 0 Å². The fourth-order valence-electron chi connectivity index (χ4n) is 0.720. The van der Waals surface area contributed by atoms with Crippen LogP contribution < -0.4 is 0 Å². The lowest BCUT2D eigenvalue weighted by Crippen LogP contribution is -1.84. The van der Waals surface area contributed by atoms with E-state index in [-0.39, 0.29) is 5.13 Å². The third kappa shape index (κ3) is 1.30. The standard InChI is InChI=1S/C7H9FS/c1-5(2)6-3-4-9-7(6)8/h3-5H,1-2H3. The summed E-state index contributed by atoms with van der Waals surface area (Å²) < 4.78 is 12.6. The first kappa shape index (κ1) is 6.75. The highest BCUT2D eigenvalue weighted by Crippen LogP contribution is 2.21. The Morgan fingerprint density at radius 3 is 2.44 bits per heavy atom. The Morgan fingerprint density at radius 2 is 2.22 bits per heavy atom. The second kappa shape index (κ2) is 2.48. The van der Waals surface area contributed by atoms with E-state index in [9.17, 15) is 4.39 Å². The SMILES string of the molecule is CC(C)c1ccsc1F. The van der Waals surface area contributed by atoms with Gasteiger partial charge in [-0.1, -0.05) is 13.8 Å². The smallest absolute Gasteiger partial charge is 0.179 e. The predicted octanol–water partition coefficient (Wildman–Crippen LogP) is 3.01. The van der Waals surface area contributed by atoms with Gasteiger partial charge in [-0.3, -0.25) is 0 Å². The van der Waals surface area contributed by atoms with E-state index in [1.165, 1.54) is 11.3 Å². The van der Waals surface area contributed by atoms with Crippen LogP contribution in [0.15, 0.2) is 11.4 Å². The second-order valence-corrected chi connectivity index (χ2v) is 3.17. The van der Waals surface area contributed by atoms with Gasteiger partial charge in [0.1, 0.15) is 0 Å². The van der Waals surface area contributed by atoms with Gasteiger partial charge in [0.2, 0.25) is 0 Å². The molecule has 0 unspecified atom stereocenters. The van der Waals surface area contributed by atoms with Crippen molar-refractivity contribution in [1.29, 1.82) is 0 Å². The lowest BCUT2D eigenvalue weighted by atomic mass is 10.1. The van der Waals surface area contributed by atoms with Crippen molar-refractivity contribution < 1.29 is 4.39 Å². The molecule has 1 rings (SSSR count). The van der Waals surface area contributed by atoms with E-state index < -0.39 is 0 Å². The molecule has 0 aliphatic heterocycles. The van der Waals surface area contributed by atoms with Crippen LogP contribution in [0.3, 0.4) is 0 Å². The van der Waals surface area contributed by atoms with Crippen molar-refractivity contribution in [3.05, 3.63) is 22.1 Å². The molecule has 0 aromatic carbocycles. The zero-order valence-corrected chi connectivity index (χ0v) is 6.33. The van der Waals surface area contributed by atoms with E-state index in [1.54, 1.807) is 5.38 Å². The summed E-state index contributed by atoms with van der Waals surface area (Å²) in [5, 5.41) is 1.75. The van der Waals surface area contributed by atoms with Crippen LogP contribution in [0, 0.1) is 5.13 Å². The zero-order valence-electron chi connectivity index (χ0n) is 5.52. The van der Waals surface area contributed by atoms with Crippen LogP contribution in [0.25, 0.3) is 0 Å². The van der Waals surface area contributed by atoms with E-state index in [0.29, 0.717) is 5.92 Å². The van der Waals surface area contributed by atoms with Gasteiger partial charge in [0.15, 0.2) is 5.13 Å². The van der Waals surface area contributed by atoms with Crippen molar-refractivity contribution in [3.63, 3.8) is 0 Å². The molecule has 0 radical (unpaired) electrons. The molecule has 1 aromatic heterocycles. The maximum absolute atomic E-state index is 12.6. The van der Waals surface area contributed by atoms with E-state index in [4.69, 9.17) is 0 Å². The molecule has 0 bridgehead atoms. The maximum atomic E-state index is 12.6. The molecule has 0 saturated heterocycles. The molecular formula is C7H9FS. The van der Waals surface area contributed by atoms with Crippen LogP contribution in [0.4, 0.5) is 4.39 Å². The topological polar surface area (TPSA) is 0 Å². The average molecular weight is 144 g/mol. The fraction of sp³-hybridized carbons (Fsp3) is 0.429. The van der Waals surface area contributed by atoms with Crippen LogP contribution >= 0.6 is 11.3 Å². The predicted molar refractivity (Wildman–Crippen MR) is 38.4 cm³/mol. The molecule has 0 nitrogen and oxygen atoms in total. The number of hydrogen-bond acceptors (Lipinski definition) is 1. The van der Waals surface area contributed by atoms with Gasteiger partial charge in [-0.25, -0.2) is 0 Å². The molecule has 1 aromatic rings. The first-order chi connectivity index (χ1) is 4.22. The molecule has 0 aliphatic rings. The molecule has 0 spiro atoms. The Balaban J connectivity index is 2.94. The number of halogens is 1. The van der Waals surface area contributed by atoms with Gasteiger partial charge in [-0.05, 0) is 17.4 Å². The van der Waals surface area contributed by atoms with E-state index in [1.807, 2.05) is 19.9 Å². The molecule has 50 valence electrons. The number of rotatable bonds is 1. The normalized spacial score (nSPS) is 10.7.